The minimum absolute atomic E-state index is 0.0291. The van der Waals surface area contributed by atoms with Crippen molar-refractivity contribution < 1.29 is 23.9 Å². The van der Waals surface area contributed by atoms with Crippen LogP contribution in [0.15, 0.2) is 42.5 Å². The van der Waals surface area contributed by atoms with E-state index in [2.05, 4.69) is 5.32 Å². The molecule has 29 heavy (non-hydrogen) atoms. The van der Waals surface area contributed by atoms with E-state index in [0.29, 0.717) is 35.1 Å². The summed E-state index contributed by atoms with van der Waals surface area (Å²) < 4.78 is 10.3. The van der Waals surface area contributed by atoms with E-state index >= 15 is 0 Å². The fourth-order valence-corrected chi connectivity index (χ4v) is 3.25. The van der Waals surface area contributed by atoms with Crippen molar-refractivity contribution in [3.63, 3.8) is 0 Å². The van der Waals surface area contributed by atoms with Crippen LogP contribution in [0.5, 0.6) is 5.75 Å². The third-order valence-electron chi connectivity index (χ3n) is 4.54. The first kappa shape index (κ1) is 20.7. The first-order valence-electron chi connectivity index (χ1n) is 9.15. The summed E-state index contributed by atoms with van der Waals surface area (Å²) >= 11 is 6.05. The van der Waals surface area contributed by atoms with Crippen LogP contribution < -0.4 is 15.0 Å². The average Bonchev–Trinajstić information content (AvgIpc) is 3.14. The van der Waals surface area contributed by atoms with E-state index in [1.54, 1.807) is 47.4 Å². The van der Waals surface area contributed by atoms with Gasteiger partial charge in [-0.3, -0.25) is 9.59 Å². The van der Waals surface area contributed by atoms with E-state index in [0.717, 1.165) is 6.42 Å². The van der Waals surface area contributed by atoms with Crippen LogP contribution in [0, 0.1) is 0 Å². The van der Waals surface area contributed by atoms with Gasteiger partial charge < -0.3 is 19.7 Å². The number of hydrogen-bond acceptors (Lipinski definition) is 5. The summed E-state index contributed by atoms with van der Waals surface area (Å²) in [6.45, 7) is 2.10. The maximum absolute atomic E-state index is 12.5. The van der Waals surface area contributed by atoms with E-state index in [4.69, 9.17) is 21.1 Å². The van der Waals surface area contributed by atoms with Crippen LogP contribution in [-0.4, -0.2) is 37.5 Å². The second-order valence-corrected chi connectivity index (χ2v) is 6.99. The van der Waals surface area contributed by atoms with Crippen LogP contribution in [-0.2, 0) is 14.3 Å². The first-order valence-corrected chi connectivity index (χ1v) is 9.52. The maximum Gasteiger partial charge on any atom is 0.338 e. The van der Waals surface area contributed by atoms with Gasteiger partial charge in [-0.05, 0) is 49.7 Å². The molecule has 2 aromatic carbocycles. The monoisotopic (exact) mass is 416 g/mol. The molecule has 8 heteroatoms. The summed E-state index contributed by atoms with van der Waals surface area (Å²) in [7, 11) is 1.50. The highest BCUT2D eigenvalue weighted by molar-refractivity contribution is 6.32. The van der Waals surface area contributed by atoms with Crippen LogP contribution >= 0.6 is 11.6 Å². The number of amides is 2. The number of ether oxygens (including phenoxy) is 2. The highest BCUT2D eigenvalue weighted by Gasteiger charge is 2.24. The van der Waals surface area contributed by atoms with Gasteiger partial charge >= 0.3 is 5.97 Å². The van der Waals surface area contributed by atoms with Crippen LogP contribution in [0.4, 0.5) is 11.4 Å². The predicted octanol–water partition coefficient (Wildman–Crippen LogP) is 3.66. The Morgan fingerprint density at radius 3 is 2.66 bits per heavy atom. The molecule has 0 aromatic heterocycles. The zero-order valence-electron chi connectivity index (χ0n) is 16.1. The van der Waals surface area contributed by atoms with Gasteiger partial charge in [-0.15, -0.1) is 0 Å². The second-order valence-electron chi connectivity index (χ2n) is 6.59. The fourth-order valence-electron chi connectivity index (χ4n) is 2.99. The van der Waals surface area contributed by atoms with Gasteiger partial charge in [0.2, 0.25) is 5.91 Å². The number of anilines is 2. The van der Waals surface area contributed by atoms with Crippen molar-refractivity contribution in [2.45, 2.75) is 25.9 Å². The number of carbonyl (C=O) groups excluding carboxylic acids is 3. The number of nitrogens with one attached hydrogen (secondary N) is 1. The van der Waals surface area contributed by atoms with Crippen LogP contribution in [0.25, 0.3) is 0 Å². The summed E-state index contributed by atoms with van der Waals surface area (Å²) in [5, 5.41) is 2.99. The van der Waals surface area contributed by atoms with Crippen molar-refractivity contribution in [3.8, 4) is 5.75 Å². The lowest BCUT2D eigenvalue weighted by atomic mass is 10.2. The number of benzene rings is 2. The lowest BCUT2D eigenvalue weighted by molar-refractivity contribution is -0.123. The van der Waals surface area contributed by atoms with Gasteiger partial charge in [-0.2, -0.15) is 0 Å². The highest BCUT2D eigenvalue weighted by Crippen LogP contribution is 2.27. The molecule has 0 aliphatic carbocycles. The van der Waals surface area contributed by atoms with Crippen molar-refractivity contribution >= 4 is 40.8 Å². The molecule has 3 rings (SSSR count). The molecule has 1 atom stereocenters. The predicted molar refractivity (Wildman–Crippen MR) is 110 cm³/mol. The summed E-state index contributed by atoms with van der Waals surface area (Å²) in [4.78, 5) is 38.3. The number of carbonyl (C=O) groups is 3. The van der Waals surface area contributed by atoms with E-state index in [1.807, 2.05) is 0 Å². The van der Waals surface area contributed by atoms with E-state index in [1.165, 1.54) is 14.0 Å². The van der Waals surface area contributed by atoms with Crippen molar-refractivity contribution in [2.75, 3.05) is 23.9 Å². The van der Waals surface area contributed by atoms with Gasteiger partial charge in [0.15, 0.2) is 6.10 Å². The van der Waals surface area contributed by atoms with Gasteiger partial charge in [0.05, 0.1) is 17.7 Å². The van der Waals surface area contributed by atoms with Gasteiger partial charge in [-0.1, -0.05) is 17.7 Å². The molecule has 2 aromatic rings. The van der Waals surface area contributed by atoms with Gasteiger partial charge in [-0.25, -0.2) is 4.79 Å². The van der Waals surface area contributed by atoms with Crippen LogP contribution in [0.3, 0.4) is 0 Å². The Hall–Kier alpha value is -3.06. The standard InChI is InChI=1S/C21H21ClN2O5/c1-13(20(26)23-15-8-9-18(28-2)17(22)12-15)29-21(27)14-5-3-6-16(11-14)24-10-4-7-19(24)25/h3,5-6,8-9,11-13H,4,7,10H2,1-2H3,(H,23,26)/t13-/m0/s1. The molecule has 1 fully saturated rings. The summed E-state index contributed by atoms with van der Waals surface area (Å²) in [6, 6.07) is 11.4. The second kappa shape index (κ2) is 8.96. The Morgan fingerprint density at radius 1 is 1.21 bits per heavy atom. The third kappa shape index (κ3) is 4.86. The summed E-state index contributed by atoms with van der Waals surface area (Å²) in [6.07, 6.45) is 0.266. The number of nitrogens with zero attached hydrogens (tertiary/aromatic N) is 1. The minimum atomic E-state index is -1.03. The molecule has 2 amide bonds. The number of methoxy groups -OCH3 is 1. The SMILES string of the molecule is COc1ccc(NC(=O)[C@H](C)OC(=O)c2cccc(N3CCCC3=O)c2)cc1Cl. The van der Waals surface area contributed by atoms with Crippen LogP contribution in [0.1, 0.15) is 30.1 Å². The molecule has 1 aliphatic rings. The van der Waals surface area contributed by atoms with Crippen molar-refractivity contribution in [3.05, 3.63) is 53.1 Å². The normalized spacial score (nSPS) is 14.4. The van der Waals surface area contributed by atoms with Gasteiger partial charge in [0, 0.05) is 24.3 Å². The molecule has 1 N–H and O–H groups in total. The molecule has 7 nitrogen and oxygen atoms in total. The summed E-state index contributed by atoms with van der Waals surface area (Å²) in [5.74, 6) is -0.624. The number of rotatable bonds is 6. The number of halogens is 1. The Labute approximate surface area is 173 Å². The minimum Gasteiger partial charge on any atom is -0.495 e. The molecular formula is C21H21ClN2O5. The van der Waals surface area contributed by atoms with Crippen molar-refractivity contribution in [2.24, 2.45) is 0 Å². The Morgan fingerprint density at radius 2 is 2.00 bits per heavy atom. The highest BCUT2D eigenvalue weighted by atomic mass is 35.5. The number of esters is 1. The zero-order chi connectivity index (χ0) is 21.0. The largest absolute Gasteiger partial charge is 0.495 e. The molecule has 0 saturated carbocycles. The van der Waals surface area contributed by atoms with Crippen LogP contribution in [0.2, 0.25) is 5.02 Å². The molecule has 0 unspecified atom stereocenters. The molecule has 1 saturated heterocycles. The molecule has 152 valence electrons. The van der Waals surface area contributed by atoms with E-state index in [9.17, 15) is 14.4 Å². The number of hydrogen-bond donors (Lipinski definition) is 1. The summed E-state index contributed by atoms with van der Waals surface area (Å²) in [5.41, 5.74) is 1.37. The Kier molecular flexibility index (Phi) is 6.39. The smallest absolute Gasteiger partial charge is 0.338 e. The third-order valence-corrected chi connectivity index (χ3v) is 4.83. The molecular weight excluding hydrogens is 396 g/mol. The fraction of sp³-hybridized carbons (Fsp3) is 0.286. The lowest BCUT2D eigenvalue weighted by Crippen LogP contribution is -2.30. The Bertz CT molecular complexity index is 946. The van der Waals surface area contributed by atoms with Gasteiger partial charge in [0.25, 0.3) is 5.91 Å². The molecule has 0 bridgehead atoms. The zero-order valence-corrected chi connectivity index (χ0v) is 16.9. The van der Waals surface area contributed by atoms with E-state index in [-0.39, 0.29) is 11.5 Å². The first-order chi connectivity index (χ1) is 13.9. The topological polar surface area (TPSA) is 84.9 Å². The maximum atomic E-state index is 12.5. The molecule has 0 spiro atoms. The molecule has 0 radical (unpaired) electrons. The van der Waals surface area contributed by atoms with Crippen molar-refractivity contribution in [1.82, 2.24) is 0 Å². The Balaban J connectivity index is 1.63. The van der Waals surface area contributed by atoms with Crippen molar-refractivity contribution in [1.29, 1.82) is 0 Å². The van der Waals surface area contributed by atoms with Gasteiger partial charge in [0.1, 0.15) is 5.75 Å². The average molecular weight is 417 g/mol. The molecule has 1 heterocycles. The quantitative estimate of drug-likeness (QED) is 0.726. The van der Waals surface area contributed by atoms with E-state index < -0.39 is 18.0 Å². The lowest BCUT2D eigenvalue weighted by Gasteiger charge is -2.17. The molecule has 1 aliphatic heterocycles.